The minimum atomic E-state index is 0.0629. The van der Waals surface area contributed by atoms with Crippen molar-refractivity contribution in [2.24, 2.45) is 0 Å². The predicted molar refractivity (Wildman–Crippen MR) is 91.8 cm³/mol. The lowest BCUT2D eigenvalue weighted by atomic mass is 9.95. The number of nitrogens with one attached hydrogen (secondary N) is 1. The van der Waals surface area contributed by atoms with E-state index < -0.39 is 0 Å². The molecule has 0 radical (unpaired) electrons. The number of hydrogen-bond acceptors (Lipinski definition) is 2. The minimum Gasteiger partial charge on any atom is -0.309 e. The molecule has 106 valence electrons. The number of halogens is 2. The van der Waals surface area contributed by atoms with Crippen LogP contribution in [0.15, 0.2) is 59.2 Å². The van der Waals surface area contributed by atoms with Gasteiger partial charge in [0.1, 0.15) is 0 Å². The summed E-state index contributed by atoms with van der Waals surface area (Å²) in [7, 11) is 1.95. The van der Waals surface area contributed by atoms with Crippen LogP contribution >= 0.6 is 27.5 Å². The first-order chi connectivity index (χ1) is 10.2. The lowest BCUT2D eigenvalue weighted by molar-refractivity contribution is 0.696. The molecule has 0 fully saturated rings. The Morgan fingerprint density at radius 2 is 2.00 bits per heavy atom. The van der Waals surface area contributed by atoms with Crippen molar-refractivity contribution in [3.63, 3.8) is 0 Å². The van der Waals surface area contributed by atoms with Crippen molar-refractivity contribution in [3.05, 3.63) is 75.4 Å². The Morgan fingerprint density at radius 3 is 2.76 bits per heavy atom. The van der Waals surface area contributed by atoms with Crippen LogP contribution in [-0.4, -0.2) is 12.0 Å². The first kappa shape index (κ1) is 14.5. The molecule has 1 atom stereocenters. The first-order valence-corrected chi connectivity index (χ1v) is 7.83. The van der Waals surface area contributed by atoms with Crippen LogP contribution in [0.2, 0.25) is 5.02 Å². The van der Waals surface area contributed by atoms with E-state index in [2.05, 4.69) is 44.4 Å². The van der Waals surface area contributed by atoms with Gasteiger partial charge >= 0.3 is 0 Å². The van der Waals surface area contributed by atoms with Crippen LogP contribution in [0.1, 0.15) is 17.2 Å². The van der Waals surface area contributed by atoms with Crippen molar-refractivity contribution in [2.45, 2.75) is 6.04 Å². The van der Waals surface area contributed by atoms with E-state index in [1.807, 2.05) is 43.6 Å². The average Bonchev–Trinajstić information content (AvgIpc) is 2.47. The normalized spacial score (nSPS) is 12.5. The van der Waals surface area contributed by atoms with Gasteiger partial charge in [0.2, 0.25) is 0 Å². The molecule has 1 heterocycles. The Bertz CT molecular complexity index is 763. The number of fused-ring (bicyclic) bond motifs is 1. The molecule has 1 N–H and O–H groups in total. The van der Waals surface area contributed by atoms with E-state index >= 15 is 0 Å². The fraction of sp³-hybridized carbons (Fsp3) is 0.118. The van der Waals surface area contributed by atoms with Gasteiger partial charge in [-0.3, -0.25) is 4.98 Å². The molecule has 0 bridgehead atoms. The molecule has 0 aliphatic carbocycles. The summed E-state index contributed by atoms with van der Waals surface area (Å²) < 4.78 is 0.976. The predicted octanol–water partition coefficient (Wildman–Crippen LogP) is 4.96. The largest absolute Gasteiger partial charge is 0.309 e. The van der Waals surface area contributed by atoms with E-state index in [-0.39, 0.29) is 6.04 Å². The van der Waals surface area contributed by atoms with Crippen molar-refractivity contribution in [3.8, 4) is 0 Å². The van der Waals surface area contributed by atoms with Crippen molar-refractivity contribution in [1.82, 2.24) is 10.3 Å². The summed E-state index contributed by atoms with van der Waals surface area (Å²) in [5.41, 5.74) is 3.31. The van der Waals surface area contributed by atoms with E-state index in [0.717, 1.165) is 26.0 Å². The van der Waals surface area contributed by atoms with E-state index in [1.54, 1.807) is 0 Å². The Kier molecular flexibility index (Phi) is 4.24. The highest BCUT2D eigenvalue weighted by atomic mass is 79.9. The third kappa shape index (κ3) is 2.95. The van der Waals surface area contributed by atoms with Crippen LogP contribution in [0, 0.1) is 0 Å². The van der Waals surface area contributed by atoms with Gasteiger partial charge in [0, 0.05) is 21.1 Å². The maximum atomic E-state index is 6.19. The first-order valence-electron chi connectivity index (χ1n) is 6.66. The number of hydrogen-bond donors (Lipinski definition) is 1. The van der Waals surface area contributed by atoms with Gasteiger partial charge in [0.05, 0.1) is 11.6 Å². The SMILES string of the molecule is CNC(c1cc(Cl)cc(Br)c1)c1cccc2ncccc12. The number of aromatic nitrogens is 1. The molecule has 4 heteroatoms. The van der Waals surface area contributed by atoms with Crippen molar-refractivity contribution < 1.29 is 0 Å². The summed E-state index contributed by atoms with van der Waals surface area (Å²) in [5, 5.41) is 5.24. The van der Waals surface area contributed by atoms with Gasteiger partial charge in [0.25, 0.3) is 0 Å². The molecule has 1 unspecified atom stereocenters. The maximum Gasteiger partial charge on any atom is 0.0705 e. The molecule has 0 saturated heterocycles. The summed E-state index contributed by atoms with van der Waals surface area (Å²) in [6.07, 6.45) is 1.82. The molecule has 0 aliphatic rings. The van der Waals surface area contributed by atoms with Crippen LogP contribution in [0.4, 0.5) is 0 Å². The van der Waals surface area contributed by atoms with Crippen molar-refractivity contribution in [1.29, 1.82) is 0 Å². The Hall–Kier alpha value is -1.42. The molecular formula is C17H14BrClN2. The standard InChI is InChI=1S/C17H14BrClN2/c1-20-17(11-8-12(18)10-13(19)9-11)15-4-2-6-16-14(15)5-3-7-21-16/h2-10,17,20H,1H3. The van der Waals surface area contributed by atoms with Crippen LogP contribution in [-0.2, 0) is 0 Å². The highest BCUT2D eigenvalue weighted by molar-refractivity contribution is 9.10. The Morgan fingerprint density at radius 1 is 1.14 bits per heavy atom. The Labute approximate surface area is 137 Å². The number of pyridine rings is 1. The molecular weight excluding hydrogens is 348 g/mol. The third-order valence-electron chi connectivity index (χ3n) is 3.50. The number of benzene rings is 2. The van der Waals surface area contributed by atoms with Crippen LogP contribution in [0.5, 0.6) is 0 Å². The van der Waals surface area contributed by atoms with Crippen molar-refractivity contribution >= 4 is 38.4 Å². The molecule has 0 aliphatic heterocycles. The number of nitrogens with zero attached hydrogens (tertiary/aromatic N) is 1. The molecule has 2 aromatic carbocycles. The average molecular weight is 362 g/mol. The molecule has 3 aromatic rings. The van der Waals surface area contributed by atoms with Gasteiger partial charge in [-0.15, -0.1) is 0 Å². The topological polar surface area (TPSA) is 24.9 Å². The molecule has 0 amide bonds. The highest BCUT2D eigenvalue weighted by Gasteiger charge is 2.16. The van der Waals surface area contributed by atoms with Crippen LogP contribution < -0.4 is 5.32 Å². The quantitative estimate of drug-likeness (QED) is 0.713. The maximum absolute atomic E-state index is 6.19. The lowest BCUT2D eigenvalue weighted by Crippen LogP contribution is -2.18. The molecule has 2 nitrogen and oxygen atoms in total. The zero-order chi connectivity index (χ0) is 14.8. The van der Waals surface area contributed by atoms with Crippen LogP contribution in [0.3, 0.4) is 0 Å². The lowest BCUT2D eigenvalue weighted by Gasteiger charge is -2.19. The summed E-state index contributed by atoms with van der Waals surface area (Å²) in [5.74, 6) is 0. The molecule has 1 aromatic heterocycles. The second-order valence-electron chi connectivity index (χ2n) is 4.84. The summed E-state index contributed by atoms with van der Waals surface area (Å²) in [4.78, 5) is 4.42. The van der Waals surface area contributed by atoms with Gasteiger partial charge in [-0.2, -0.15) is 0 Å². The molecule has 21 heavy (non-hydrogen) atoms. The van der Waals surface area contributed by atoms with E-state index in [9.17, 15) is 0 Å². The van der Waals surface area contributed by atoms with E-state index in [4.69, 9.17) is 11.6 Å². The van der Waals surface area contributed by atoms with Gasteiger partial charge < -0.3 is 5.32 Å². The fourth-order valence-electron chi connectivity index (χ4n) is 2.62. The third-order valence-corrected chi connectivity index (χ3v) is 4.17. The zero-order valence-corrected chi connectivity index (χ0v) is 13.8. The monoisotopic (exact) mass is 360 g/mol. The highest BCUT2D eigenvalue weighted by Crippen LogP contribution is 2.31. The minimum absolute atomic E-state index is 0.0629. The van der Waals surface area contributed by atoms with Gasteiger partial charge in [-0.25, -0.2) is 0 Å². The summed E-state index contributed by atoms with van der Waals surface area (Å²) in [6.45, 7) is 0. The smallest absolute Gasteiger partial charge is 0.0705 e. The molecule has 0 spiro atoms. The van der Waals surface area contributed by atoms with E-state index in [1.165, 1.54) is 5.56 Å². The number of rotatable bonds is 3. The second-order valence-corrected chi connectivity index (χ2v) is 6.19. The summed E-state index contributed by atoms with van der Waals surface area (Å²) >= 11 is 9.69. The van der Waals surface area contributed by atoms with Gasteiger partial charge in [-0.05, 0) is 48.5 Å². The molecule has 0 saturated carbocycles. The second kappa shape index (κ2) is 6.14. The van der Waals surface area contributed by atoms with Gasteiger partial charge in [0.15, 0.2) is 0 Å². The molecule has 3 rings (SSSR count). The zero-order valence-electron chi connectivity index (χ0n) is 11.5. The van der Waals surface area contributed by atoms with Gasteiger partial charge in [-0.1, -0.05) is 45.7 Å². The fourth-order valence-corrected chi connectivity index (χ4v) is 3.51. The Balaban J connectivity index is 2.18. The van der Waals surface area contributed by atoms with E-state index in [0.29, 0.717) is 0 Å². The summed E-state index contributed by atoms with van der Waals surface area (Å²) in [6, 6.07) is 16.3. The van der Waals surface area contributed by atoms with Crippen molar-refractivity contribution in [2.75, 3.05) is 7.05 Å². The van der Waals surface area contributed by atoms with Crippen LogP contribution in [0.25, 0.3) is 10.9 Å².